The van der Waals surface area contributed by atoms with Gasteiger partial charge in [0, 0.05) is 29.2 Å². The molecule has 0 atom stereocenters. The highest BCUT2D eigenvalue weighted by molar-refractivity contribution is 7.99. The number of hydrogen-bond donors (Lipinski definition) is 0. The third-order valence-corrected chi connectivity index (χ3v) is 6.36. The molecule has 0 N–H and O–H groups in total. The average molecular weight is 465 g/mol. The number of para-hydroxylation sites is 2. The van der Waals surface area contributed by atoms with Gasteiger partial charge in [-0.3, -0.25) is 9.36 Å². The number of ketones is 1. The van der Waals surface area contributed by atoms with E-state index in [9.17, 15) is 9.18 Å². The van der Waals surface area contributed by atoms with Gasteiger partial charge in [-0.15, -0.1) is 10.2 Å². The first-order chi connectivity index (χ1) is 16.0. The second kappa shape index (κ2) is 10.0. The van der Waals surface area contributed by atoms with Crippen LogP contribution in [0, 0.1) is 19.7 Å². The molecule has 0 saturated heterocycles. The molecule has 2 aromatic heterocycles. The summed E-state index contributed by atoms with van der Waals surface area (Å²) >= 11 is 1.32. The molecular weight excluding hydrogens is 439 g/mol. The first-order valence-electron chi connectivity index (χ1n) is 10.7. The number of carbonyl (C=O) groups is 1. The number of ether oxygens (including phenoxy) is 1. The zero-order chi connectivity index (χ0) is 23.4. The minimum absolute atomic E-state index is 0.0367. The molecule has 0 aliphatic carbocycles. The molecular formula is C25H25FN4O2S. The van der Waals surface area contributed by atoms with Crippen molar-refractivity contribution in [2.75, 3.05) is 5.75 Å². The van der Waals surface area contributed by atoms with Crippen LogP contribution in [-0.2, 0) is 13.2 Å². The first kappa shape index (κ1) is 22.8. The predicted molar refractivity (Wildman–Crippen MR) is 127 cm³/mol. The molecule has 0 unspecified atom stereocenters. The van der Waals surface area contributed by atoms with Crippen LogP contribution in [0.5, 0.6) is 5.75 Å². The van der Waals surface area contributed by atoms with E-state index in [0.29, 0.717) is 11.0 Å². The fourth-order valence-corrected chi connectivity index (χ4v) is 4.66. The molecule has 8 heteroatoms. The maximum atomic E-state index is 14.0. The van der Waals surface area contributed by atoms with E-state index >= 15 is 0 Å². The summed E-state index contributed by atoms with van der Waals surface area (Å²) in [5.41, 5.74) is 3.62. The summed E-state index contributed by atoms with van der Waals surface area (Å²) in [5.74, 6) is 0.500. The Morgan fingerprint density at radius 1 is 1.06 bits per heavy atom. The average Bonchev–Trinajstić information content (AvgIpc) is 3.37. The van der Waals surface area contributed by atoms with E-state index < -0.39 is 5.82 Å². The minimum atomic E-state index is -0.437. The molecule has 170 valence electrons. The molecule has 0 saturated carbocycles. The van der Waals surface area contributed by atoms with Crippen LogP contribution in [0.2, 0.25) is 0 Å². The molecule has 2 aromatic carbocycles. The molecule has 0 radical (unpaired) electrons. The molecule has 2 heterocycles. The molecule has 0 fully saturated rings. The Morgan fingerprint density at radius 2 is 1.79 bits per heavy atom. The van der Waals surface area contributed by atoms with Gasteiger partial charge in [-0.25, -0.2) is 4.39 Å². The molecule has 0 aliphatic heterocycles. The van der Waals surface area contributed by atoms with E-state index in [0.717, 1.165) is 29.2 Å². The van der Waals surface area contributed by atoms with Gasteiger partial charge in [0.05, 0.1) is 5.75 Å². The summed E-state index contributed by atoms with van der Waals surface area (Å²) in [6.07, 6.45) is 0. The lowest BCUT2D eigenvalue weighted by Crippen LogP contribution is -2.09. The highest BCUT2D eigenvalue weighted by Gasteiger charge is 2.19. The Kier molecular flexibility index (Phi) is 6.93. The molecule has 0 amide bonds. The summed E-state index contributed by atoms with van der Waals surface area (Å²) < 4.78 is 23.6. The van der Waals surface area contributed by atoms with Crippen molar-refractivity contribution in [2.24, 2.45) is 0 Å². The smallest absolute Gasteiger partial charge is 0.196 e. The summed E-state index contributed by atoms with van der Waals surface area (Å²) in [4.78, 5) is 13.0. The first-order valence-corrected chi connectivity index (χ1v) is 11.7. The van der Waals surface area contributed by atoms with Gasteiger partial charge in [0.2, 0.25) is 0 Å². The highest BCUT2D eigenvalue weighted by Crippen LogP contribution is 2.25. The molecule has 4 aromatic rings. The summed E-state index contributed by atoms with van der Waals surface area (Å²) in [7, 11) is 0. The zero-order valence-corrected chi connectivity index (χ0v) is 19.6. The number of carbonyl (C=O) groups excluding carboxylic acids is 1. The maximum absolute atomic E-state index is 14.0. The zero-order valence-electron chi connectivity index (χ0n) is 18.8. The van der Waals surface area contributed by atoms with Crippen molar-refractivity contribution in [1.29, 1.82) is 0 Å². The molecule has 4 rings (SSSR count). The maximum Gasteiger partial charge on any atom is 0.196 e. The summed E-state index contributed by atoms with van der Waals surface area (Å²) in [5, 5.41) is 9.14. The van der Waals surface area contributed by atoms with Crippen molar-refractivity contribution < 1.29 is 13.9 Å². The van der Waals surface area contributed by atoms with Crippen LogP contribution in [0.15, 0.2) is 65.8 Å². The van der Waals surface area contributed by atoms with Crippen molar-refractivity contribution in [3.63, 3.8) is 0 Å². The van der Waals surface area contributed by atoms with Crippen molar-refractivity contribution in [1.82, 2.24) is 19.3 Å². The Morgan fingerprint density at radius 3 is 2.48 bits per heavy atom. The number of Topliss-reactive ketones (excluding diaryl/α,β-unsaturated/α-hetero) is 1. The van der Waals surface area contributed by atoms with Crippen LogP contribution >= 0.6 is 11.8 Å². The van der Waals surface area contributed by atoms with E-state index in [4.69, 9.17) is 4.74 Å². The third kappa shape index (κ3) is 4.85. The van der Waals surface area contributed by atoms with Crippen molar-refractivity contribution in [3.8, 4) is 11.4 Å². The van der Waals surface area contributed by atoms with Crippen LogP contribution in [0.4, 0.5) is 4.39 Å². The minimum Gasteiger partial charge on any atom is -0.483 e. The van der Waals surface area contributed by atoms with Gasteiger partial charge in [-0.2, -0.15) is 0 Å². The standard InChI is InChI=1S/C25H25FN4O2S/c1-4-29-17(2)14-20(18(29)3)22(31)16-33-25-28-27-24(30(25)19-10-6-5-7-11-19)15-32-23-13-9-8-12-21(23)26/h5-14H,4,15-16H2,1-3H3. The molecule has 33 heavy (non-hydrogen) atoms. The Hall–Kier alpha value is -3.39. The van der Waals surface area contributed by atoms with Crippen molar-refractivity contribution in [3.05, 3.63) is 89.3 Å². The largest absolute Gasteiger partial charge is 0.483 e. The number of nitrogens with zero attached hydrogens (tertiary/aromatic N) is 4. The van der Waals surface area contributed by atoms with Gasteiger partial charge in [0.1, 0.15) is 6.61 Å². The Bertz CT molecular complexity index is 1270. The highest BCUT2D eigenvalue weighted by atomic mass is 32.2. The van der Waals surface area contributed by atoms with E-state index in [1.807, 2.05) is 54.8 Å². The van der Waals surface area contributed by atoms with Gasteiger partial charge in [0.15, 0.2) is 28.3 Å². The lowest BCUT2D eigenvalue weighted by atomic mass is 10.2. The number of halogens is 1. The molecule has 6 nitrogen and oxygen atoms in total. The van der Waals surface area contributed by atoms with E-state index in [1.165, 1.54) is 17.8 Å². The second-order valence-electron chi connectivity index (χ2n) is 7.53. The quantitative estimate of drug-likeness (QED) is 0.245. The van der Waals surface area contributed by atoms with Gasteiger partial charge < -0.3 is 9.30 Å². The fraction of sp³-hybridized carbons (Fsp3) is 0.240. The lowest BCUT2D eigenvalue weighted by molar-refractivity contribution is 0.102. The van der Waals surface area contributed by atoms with Crippen LogP contribution in [0.3, 0.4) is 0 Å². The SMILES string of the molecule is CCn1c(C)cc(C(=O)CSc2nnc(COc3ccccc3F)n2-c2ccccc2)c1C. The van der Waals surface area contributed by atoms with Crippen LogP contribution in [0.1, 0.15) is 34.5 Å². The predicted octanol–water partition coefficient (Wildman–Crippen LogP) is 5.40. The van der Waals surface area contributed by atoms with Crippen molar-refractivity contribution in [2.45, 2.75) is 39.1 Å². The van der Waals surface area contributed by atoms with E-state index in [2.05, 4.69) is 21.7 Å². The van der Waals surface area contributed by atoms with Gasteiger partial charge in [-0.1, -0.05) is 42.1 Å². The summed E-state index contributed by atoms with van der Waals surface area (Å²) in [6.45, 7) is 6.91. The van der Waals surface area contributed by atoms with Crippen LogP contribution in [-0.4, -0.2) is 30.9 Å². The van der Waals surface area contributed by atoms with E-state index in [1.54, 1.807) is 18.2 Å². The number of rotatable bonds is 9. The Labute approximate surface area is 196 Å². The van der Waals surface area contributed by atoms with E-state index in [-0.39, 0.29) is 23.9 Å². The lowest BCUT2D eigenvalue weighted by Gasteiger charge is -2.11. The van der Waals surface area contributed by atoms with Gasteiger partial charge >= 0.3 is 0 Å². The van der Waals surface area contributed by atoms with Crippen LogP contribution in [0.25, 0.3) is 5.69 Å². The topological polar surface area (TPSA) is 61.9 Å². The normalized spacial score (nSPS) is 11.0. The Balaban J connectivity index is 1.57. The molecule has 0 aliphatic rings. The number of aromatic nitrogens is 4. The summed E-state index contributed by atoms with van der Waals surface area (Å²) in [6, 6.07) is 17.8. The second-order valence-corrected chi connectivity index (χ2v) is 8.47. The third-order valence-electron chi connectivity index (χ3n) is 5.43. The van der Waals surface area contributed by atoms with Gasteiger partial charge in [-0.05, 0) is 51.1 Å². The number of thioether (sulfide) groups is 1. The van der Waals surface area contributed by atoms with Crippen LogP contribution < -0.4 is 4.74 Å². The number of aryl methyl sites for hydroxylation is 1. The molecule has 0 bridgehead atoms. The number of benzene rings is 2. The molecule has 0 spiro atoms. The van der Waals surface area contributed by atoms with Crippen molar-refractivity contribution >= 4 is 17.5 Å². The fourth-order valence-electron chi connectivity index (χ4n) is 3.81. The number of hydrogen-bond acceptors (Lipinski definition) is 5. The monoisotopic (exact) mass is 464 g/mol. The van der Waals surface area contributed by atoms with Gasteiger partial charge in [0.25, 0.3) is 0 Å².